The van der Waals surface area contributed by atoms with Gasteiger partial charge < -0.3 is 60.7 Å². The van der Waals surface area contributed by atoms with Gasteiger partial charge in [0.25, 0.3) is 0 Å². The number of hydrogen-bond donors (Lipinski definition) is 8. The van der Waals surface area contributed by atoms with Gasteiger partial charge in [-0.25, -0.2) is 0 Å². The average molecular weight is 422 g/mol. The van der Waals surface area contributed by atoms with Gasteiger partial charge in [0.15, 0.2) is 0 Å². The molecule has 0 spiro atoms. The molecule has 0 aromatic rings. The zero-order valence-corrected chi connectivity index (χ0v) is 16.4. The Hall–Kier alpha value is -0.120. The van der Waals surface area contributed by atoms with E-state index in [0.717, 1.165) is 0 Å². The molecule has 0 aliphatic heterocycles. The molecule has 0 radical (unpaired) electrons. The van der Waals surface area contributed by atoms with E-state index in [1.165, 1.54) is 0 Å². The topological polar surface area (TPSA) is 242 Å². The van der Waals surface area contributed by atoms with E-state index in [4.69, 9.17) is 30.6 Å². The molecule has 152 valence electrons. The largest absolute Gasteiger partial charge is 2.00 e. The van der Waals surface area contributed by atoms with Crippen LogP contribution >= 0.6 is 0 Å². The molecule has 2 aliphatic carbocycles. The Balaban J connectivity index is 0.000000483. The van der Waals surface area contributed by atoms with Gasteiger partial charge in [0, 0.05) is 25.7 Å². The summed E-state index contributed by atoms with van der Waals surface area (Å²) in [5, 5.41) is 93.8. The maximum atomic E-state index is 10.4. The van der Waals surface area contributed by atoms with Crippen LogP contribution in [0.3, 0.4) is 0 Å². The first-order valence-electron chi connectivity index (χ1n) is 7.69. The van der Waals surface area contributed by atoms with Gasteiger partial charge in [0.1, 0.15) is 23.4 Å². The fraction of sp³-hybridized carbons (Fsp3) is 0.857. The van der Waals surface area contributed by atoms with Crippen molar-refractivity contribution in [3.8, 4) is 0 Å². The van der Waals surface area contributed by atoms with E-state index < -0.39 is 85.4 Å². The Morgan fingerprint density at radius 2 is 0.815 bits per heavy atom. The van der Waals surface area contributed by atoms with Crippen LogP contribution in [0.2, 0.25) is 0 Å². The number of carbonyl (C=O) groups is 2. The number of rotatable bonds is 2. The number of carboxylic acid groups (broad SMARTS) is 2. The van der Waals surface area contributed by atoms with Crippen LogP contribution in [0.4, 0.5) is 0 Å². The van der Waals surface area contributed by atoms with E-state index in [1.807, 2.05) is 0 Å². The Kier molecular flexibility index (Phi) is 10.0. The first-order valence-corrected chi connectivity index (χ1v) is 7.69. The summed E-state index contributed by atoms with van der Waals surface area (Å²) in [4.78, 5) is 20.8. The molecule has 2 fully saturated rings. The monoisotopic (exact) mass is 422 g/mol. The van der Waals surface area contributed by atoms with E-state index in [-0.39, 0.29) is 37.7 Å². The van der Waals surface area contributed by atoms with Crippen molar-refractivity contribution in [1.82, 2.24) is 0 Å². The van der Waals surface area contributed by atoms with Crippen molar-refractivity contribution in [2.45, 2.75) is 73.5 Å². The number of carbonyl (C=O) groups excluding carboxylic acids is 2. The molecule has 2 aliphatic rings. The normalized spacial score (nSPS) is 44.3. The molecule has 2 rings (SSSR count). The minimum Gasteiger partial charge on any atom is -0.547 e. The standard InChI is InChI=1S/2C7H12O6.Ca/c2*8-3-1-7(13,6(11)12)2-4(9)5(3)10;/h2*3-5,8-10,13H,1-2H2,(H,11,12);/q;;+2/p-2/t2*3-,4-,5?,7?;/m00./s1. The average Bonchev–Trinajstić information content (AvgIpc) is 2.50. The van der Waals surface area contributed by atoms with Gasteiger partial charge in [-0.05, 0) is 0 Å². The zero-order valence-electron chi connectivity index (χ0n) is 14.2. The van der Waals surface area contributed by atoms with Crippen molar-refractivity contribution in [2.24, 2.45) is 0 Å². The second-order valence-electron chi connectivity index (χ2n) is 6.71. The van der Waals surface area contributed by atoms with Crippen LogP contribution in [0.15, 0.2) is 0 Å². The van der Waals surface area contributed by atoms with Crippen LogP contribution in [0.1, 0.15) is 25.7 Å². The van der Waals surface area contributed by atoms with Gasteiger partial charge in [-0.3, -0.25) is 0 Å². The number of carboxylic acids is 2. The van der Waals surface area contributed by atoms with Crippen LogP contribution in [0.5, 0.6) is 0 Å². The summed E-state index contributed by atoms with van der Waals surface area (Å²) in [6.07, 6.45) is -10.8. The predicted octanol–water partition coefficient (Wildman–Crippen LogP) is -7.69. The molecule has 0 bridgehead atoms. The molecule has 0 aromatic heterocycles. The molecule has 12 nitrogen and oxygen atoms in total. The molecule has 27 heavy (non-hydrogen) atoms. The maximum absolute atomic E-state index is 10.4. The first kappa shape index (κ1) is 26.9. The van der Waals surface area contributed by atoms with E-state index in [0.29, 0.717) is 0 Å². The van der Waals surface area contributed by atoms with E-state index in [1.54, 1.807) is 0 Å². The van der Waals surface area contributed by atoms with Crippen molar-refractivity contribution in [1.29, 1.82) is 0 Å². The number of aliphatic hydroxyl groups excluding tert-OH is 6. The maximum Gasteiger partial charge on any atom is 2.00 e. The third-order valence-electron chi connectivity index (χ3n) is 4.52. The Morgan fingerprint density at radius 1 is 0.630 bits per heavy atom. The molecule has 13 heteroatoms. The molecule has 8 N–H and O–H groups in total. The molecule has 2 saturated carbocycles. The number of aliphatic carboxylic acids is 2. The molecule has 0 amide bonds. The molecular weight excluding hydrogens is 400 g/mol. The van der Waals surface area contributed by atoms with E-state index in [2.05, 4.69) is 0 Å². The Labute approximate surface area is 183 Å². The Bertz CT molecular complexity index is 458. The molecule has 0 saturated heterocycles. The fourth-order valence-corrected chi connectivity index (χ4v) is 2.88. The molecule has 0 heterocycles. The van der Waals surface area contributed by atoms with Crippen molar-refractivity contribution in [3.05, 3.63) is 0 Å². The minimum absolute atomic E-state index is 0. The van der Waals surface area contributed by atoms with Crippen molar-refractivity contribution in [2.75, 3.05) is 0 Å². The fourth-order valence-electron chi connectivity index (χ4n) is 2.88. The van der Waals surface area contributed by atoms with E-state index in [9.17, 15) is 30.0 Å². The number of hydrogen-bond acceptors (Lipinski definition) is 12. The van der Waals surface area contributed by atoms with Crippen molar-refractivity contribution in [3.63, 3.8) is 0 Å². The second-order valence-corrected chi connectivity index (χ2v) is 6.71. The smallest absolute Gasteiger partial charge is 0.547 e. The first-order chi connectivity index (χ1) is 11.7. The van der Waals surface area contributed by atoms with Crippen LogP contribution in [-0.4, -0.2) is 138 Å². The van der Waals surface area contributed by atoms with Gasteiger partial charge >= 0.3 is 37.7 Å². The van der Waals surface area contributed by atoms with Crippen LogP contribution in [-0.2, 0) is 9.59 Å². The zero-order chi connectivity index (χ0) is 20.4. The summed E-state index contributed by atoms with van der Waals surface area (Å²) >= 11 is 0. The van der Waals surface area contributed by atoms with Gasteiger partial charge in [-0.1, -0.05) is 0 Å². The SMILES string of the molecule is O=C([O-])C1(O)C[C@H](O)C(O)[C@@H](O)C1.O=C([O-])C1(O)C[C@H](O)C(O)[C@@H](O)C1.[Ca+2]. The van der Waals surface area contributed by atoms with Gasteiger partial charge in [-0.2, -0.15) is 0 Å². The van der Waals surface area contributed by atoms with Crippen LogP contribution in [0.25, 0.3) is 0 Å². The van der Waals surface area contributed by atoms with Crippen LogP contribution < -0.4 is 10.2 Å². The number of aliphatic hydroxyl groups is 8. The third-order valence-corrected chi connectivity index (χ3v) is 4.52. The minimum atomic E-state index is -2.25. The van der Waals surface area contributed by atoms with Crippen LogP contribution in [0, 0.1) is 0 Å². The summed E-state index contributed by atoms with van der Waals surface area (Å²) in [5.74, 6) is -3.50. The van der Waals surface area contributed by atoms with Gasteiger partial charge in [0.2, 0.25) is 0 Å². The molecule has 4 atom stereocenters. The summed E-state index contributed by atoms with van der Waals surface area (Å²) in [6.45, 7) is 0. The summed E-state index contributed by atoms with van der Waals surface area (Å²) in [7, 11) is 0. The van der Waals surface area contributed by atoms with Crippen molar-refractivity contribution >= 4 is 49.7 Å². The third kappa shape index (κ3) is 6.44. The summed E-state index contributed by atoms with van der Waals surface area (Å²) in [6, 6.07) is 0. The van der Waals surface area contributed by atoms with E-state index >= 15 is 0 Å². The summed E-state index contributed by atoms with van der Waals surface area (Å²) < 4.78 is 0. The molecular formula is C14H22CaO12. The van der Waals surface area contributed by atoms with Gasteiger partial charge in [0.05, 0.1) is 36.4 Å². The predicted molar refractivity (Wildman–Crippen MR) is 80.2 cm³/mol. The quantitative estimate of drug-likeness (QED) is 0.193. The van der Waals surface area contributed by atoms with Gasteiger partial charge in [-0.15, -0.1) is 0 Å². The van der Waals surface area contributed by atoms with Crippen molar-refractivity contribution < 1.29 is 60.7 Å². The molecule has 0 aromatic carbocycles. The summed E-state index contributed by atoms with van der Waals surface area (Å²) in [5.41, 5.74) is -4.50. The Morgan fingerprint density at radius 3 is 0.963 bits per heavy atom. The molecule has 0 unspecified atom stereocenters. The second kappa shape index (κ2) is 10.1.